The summed E-state index contributed by atoms with van der Waals surface area (Å²) in [6, 6.07) is -2.06. The number of carbonyl (C=O) groups is 2. The molecular weight excluding hydrogens is 212 g/mol. The fraction of sp³-hybridized carbons (Fsp3) is 0.800. The van der Waals surface area contributed by atoms with E-state index >= 15 is 0 Å². The Morgan fingerprint density at radius 1 is 1.31 bits per heavy atom. The molecule has 94 valence electrons. The second-order valence-electron chi connectivity index (χ2n) is 4.30. The predicted molar refractivity (Wildman–Crippen MR) is 58.7 cm³/mol. The van der Waals surface area contributed by atoms with Crippen LogP contribution in [0.25, 0.3) is 0 Å². The van der Waals surface area contributed by atoms with Gasteiger partial charge in [0.2, 0.25) is 5.91 Å². The van der Waals surface area contributed by atoms with E-state index in [9.17, 15) is 9.59 Å². The Kier molecular flexibility index (Phi) is 5.98. The average Bonchev–Trinajstić information content (AvgIpc) is 2.11. The smallest absolute Gasteiger partial charge is 0.328 e. The third kappa shape index (κ3) is 5.09. The molecule has 0 unspecified atom stereocenters. The third-order valence-electron chi connectivity index (χ3n) is 2.11. The van der Waals surface area contributed by atoms with E-state index in [-0.39, 0.29) is 5.92 Å². The molecule has 1 amide bonds. The summed E-state index contributed by atoms with van der Waals surface area (Å²) in [5.74, 6) is -1.59. The summed E-state index contributed by atoms with van der Waals surface area (Å²) in [7, 11) is 0. The Morgan fingerprint density at radius 3 is 2.12 bits per heavy atom. The maximum absolute atomic E-state index is 11.5. The minimum Gasteiger partial charge on any atom is -0.480 e. The van der Waals surface area contributed by atoms with E-state index in [4.69, 9.17) is 15.9 Å². The zero-order chi connectivity index (χ0) is 12.9. The molecule has 0 rings (SSSR count). The lowest BCUT2D eigenvalue weighted by molar-refractivity contribution is -0.145. The van der Waals surface area contributed by atoms with Gasteiger partial charge in [0.05, 0.1) is 12.1 Å². The van der Waals surface area contributed by atoms with Gasteiger partial charge in [0.25, 0.3) is 0 Å². The lowest BCUT2D eigenvalue weighted by Gasteiger charge is -2.20. The quantitative estimate of drug-likeness (QED) is 0.484. The Morgan fingerprint density at radius 2 is 1.81 bits per heavy atom. The molecule has 0 aromatic rings. The first kappa shape index (κ1) is 14.9. The molecule has 6 heteroatoms. The van der Waals surface area contributed by atoms with E-state index in [1.807, 2.05) is 13.8 Å². The van der Waals surface area contributed by atoms with Crippen molar-refractivity contribution in [1.82, 2.24) is 5.32 Å². The number of aliphatic hydroxyl groups excluding tert-OH is 1. The Balaban J connectivity index is 4.35. The molecule has 0 aliphatic carbocycles. The predicted octanol–water partition coefficient (Wildman–Crippen LogP) is -0.690. The topological polar surface area (TPSA) is 113 Å². The SMILES string of the molecule is CC(C)C[C@H](N)C(=O)N[C@@H](C(=O)O)[C@H](C)O. The Labute approximate surface area is 94.8 Å². The molecule has 0 aromatic heterocycles. The zero-order valence-electron chi connectivity index (χ0n) is 9.80. The molecule has 0 aromatic carbocycles. The van der Waals surface area contributed by atoms with Crippen LogP contribution in [0, 0.1) is 5.92 Å². The summed E-state index contributed by atoms with van der Waals surface area (Å²) < 4.78 is 0. The van der Waals surface area contributed by atoms with Crippen LogP contribution in [0.4, 0.5) is 0 Å². The summed E-state index contributed by atoms with van der Waals surface area (Å²) in [6.07, 6.45) is -0.689. The van der Waals surface area contributed by atoms with Crippen LogP contribution in [-0.4, -0.2) is 40.3 Å². The molecule has 16 heavy (non-hydrogen) atoms. The van der Waals surface area contributed by atoms with E-state index in [0.29, 0.717) is 6.42 Å². The molecule has 0 saturated heterocycles. The van der Waals surface area contributed by atoms with Crippen molar-refractivity contribution in [2.24, 2.45) is 11.7 Å². The Hall–Kier alpha value is -1.14. The first-order valence-corrected chi connectivity index (χ1v) is 5.22. The van der Waals surface area contributed by atoms with Crippen LogP contribution in [0.15, 0.2) is 0 Å². The molecule has 0 spiro atoms. The largest absolute Gasteiger partial charge is 0.480 e. The minimum absolute atomic E-state index is 0.246. The average molecular weight is 232 g/mol. The number of carboxylic acids is 1. The van der Waals surface area contributed by atoms with E-state index in [1.165, 1.54) is 6.92 Å². The van der Waals surface area contributed by atoms with Gasteiger partial charge in [0.1, 0.15) is 0 Å². The summed E-state index contributed by atoms with van der Waals surface area (Å²) in [5.41, 5.74) is 5.58. The highest BCUT2D eigenvalue weighted by Crippen LogP contribution is 2.03. The fourth-order valence-corrected chi connectivity index (χ4v) is 1.26. The van der Waals surface area contributed by atoms with Gasteiger partial charge in [-0.1, -0.05) is 13.8 Å². The number of amides is 1. The van der Waals surface area contributed by atoms with Crippen LogP contribution in [0.2, 0.25) is 0 Å². The van der Waals surface area contributed by atoms with E-state index in [1.54, 1.807) is 0 Å². The van der Waals surface area contributed by atoms with Crippen LogP contribution in [0.5, 0.6) is 0 Å². The van der Waals surface area contributed by atoms with Crippen LogP contribution >= 0.6 is 0 Å². The first-order chi connectivity index (χ1) is 7.25. The fourth-order valence-electron chi connectivity index (χ4n) is 1.26. The maximum atomic E-state index is 11.5. The summed E-state index contributed by atoms with van der Waals surface area (Å²) in [4.78, 5) is 22.2. The molecule has 0 heterocycles. The number of aliphatic hydroxyl groups is 1. The summed E-state index contributed by atoms with van der Waals surface area (Å²) in [5, 5.41) is 20.1. The molecule has 0 fully saturated rings. The highest BCUT2D eigenvalue weighted by molar-refractivity contribution is 5.87. The monoisotopic (exact) mass is 232 g/mol. The number of carboxylic acid groups (broad SMARTS) is 1. The van der Waals surface area contributed by atoms with Crippen molar-refractivity contribution in [3.05, 3.63) is 0 Å². The minimum atomic E-state index is -1.31. The molecule has 0 radical (unpaired) electrons. The van der Waals surface area contributed by atoms with Crippen LogP contribution in [0.3, 0.4) is 0 Å². The second-order valence-corrected chi connectivity index (χ2v) is 4.30. The van der Waals surface area contributed by atoms with Gasteiger partial charge in [-0.3, -0.25) is 4.79 Å². The number of nitrogens with two attached hydrogens (primary N) is 1. The molecule has 5 N–H and O–H groups in total. The lowest BCUT2D eigenvalue weighted by atomic mass is 10.0. The van der Waals surface area contributed by atoms with Crippen molar-refractivity contribution in [1.29, 1.82) is 0 Å². The lowest BCUT2D eigenvalue weighted by Crippen LogP contribution is -2.52. The maximum Gasteiger partial charge on any atom is 0.328 e. The first-order valence-electron chi connectivity index (χ1n) is 5.22. The van der Waals surface area contributed by atoms with Gasteiger partial charge in [0, 0.05) is 0 Å². The summed E-state index contributed by atoms with van der Waals surface area (Å²) >= 11 is 0. The summed E-state index contributed by atoms with van der Waals surface area (Å²) in [6.45, 7) is 5.13. The van der Waals surface area contributed by atoms with Gasteiger partial charge >= 0.3 is 5.97 Å². The van der Waals surface area contributed by atoms with E-state index in [2.05, 4.69) is 5.32 Å². The van der Waals surface area contributed by atoms with E-state index < -0.39 is 30.1 Å². The molecule has 6 nitrogen and oxygen atoms in total. The van der Waals surface area contributed by atoms with Crippen molar-refractivity contribution in [3.63, 3.8) is 0 Å². The molecule has 0 bridgehead atoms. The van der Waals surface area contributed by atoms with Crippen molar-refractivity contribution in [3.8, 4) is 0 Å². The molecular formula is C10H20N2O4. The zero-order valence-corrected chi connectivity index (χ0v) is 9.80. The molecule has 0 aliphatic heterocycles. The molecule has 0 aliphatic rings. The van der Waals surface area contributed by atoms with E-state index in [0.717, 1.165) is 0 Å². The van der Waals surface area contributed by atoms with Crippen LogP contribution in [-0.2, 0) is 9.59 Å². The highest BCUT2D eigenvalue weighted by atomic mass is 16.4. The number of aliphatic carboxylic acids is 1. The van der Waals surface area contributed by atoms with Gasteiger partial charge in [0.15, 0.2) is 6.04 Å². The Bertz CT molecular complexity index is 253. The number of hydrogen-bond donors (Lipinski definition) is 4. The van der Waals surface area contributed by atoms with Crippen LogP contribution in [0.1, 0.15) is 27.2 Å². The van der Waals surface area contributed by atoms with Gasteiger partial charge in [-0.15, -0.1) is 0 Å². The number of rotatable bonds is 6. The van der Waals surface area contributed by atoms with Gasteiger partial charge in [-0.2, -0.15) is 0 Å². The van der Waals surface area contributed by atoms with Gasteiger partial charge < -0.3 is 21.3 Å². The number of carbonyl (C=O) groups excluding carboxylic acids is 1. The second kappa shape index (κ2) is 6.44. The number of nitrogens with one attached hydrogen (secondary N) is 1. The van der Waals surface area contributed by atoms with Crippen molar-refractivity contribution in [2.45, 2.75) is 45.4 Å². The van der Waals surface area contributed by atoms with Gasteiger partial charge in [-0.25, -0.2) is 4.79 Å². The van der Waals surface area contributed by atoms with Crippen molar-refractivity contribution < 1.29 is 19.8 Å². The number of hydrogen-bond acceptors (Lipinski definition) is 4. The van der Waals surface area contributed by atoms with Gasteiger partial charge in [-0.05, 0) is 19.3 Å². The third-order valence-corrected chi connectivity index (χ3v) is 2.11. The standard InChI is InChI=1S/C10H20N2O4/c1-5(2)4-7(11)9(14)12-8(6(3)13)10(15)16/h5-8,13H,4,11H2,1-3H3,(H,12,14)(H,15,16)/t6-,7-,8+/m0/s1. The van der Waals surface area contributed by atoms with Crippen molar-refractivity contribution in [2.75, 3.05) is 0 Å². The van der Waals surface area contributed by atoms with Crippen LogP contribution < -0.4 is 11.1 Å². The molecule has 0 saturated carbocycles. The highest BCUT2D eigenvalue weighted by Gasteiger charge is 2.27. The normalized spacial score (nSPS) is 16.6. The van der Waals surface area contributed by atoms with Crippen molar-refractivity contribution >= 4 is 11.9 Å². The molecule has 3 atom stereocenters.